The fourth-order valence-corrected chi connectivity index (χ4v) is 3.34. The first kappa shape index (κ1) is 13.0. The third kappa shape index (κ3) is 3.14. The van der Waals surface area contributed by atoms with Gasteiger partial charge in [0.15, 0.2) is 0 Å². The summed E-state index contributed by atoms with van der Waals surface area (Å²) < 4.78 is 6.91. The Balaban J connectivity index is 1.55. The highest BCUT2D eigenvalue weighted by atomic mass is 32.1. The lowest BCUT2D eigenvalue weighted by molar-refractivity contribution is 0.103. The Morgan fingerprint density at radius 2 is 2.53 bits per heavy atom. The highest BCUT2D eigenvalue weighted by Crippen LogP contribution is 2.22. The molecule has 1 fully saturated rings. The summed E-state index contributed by atoms with van der Waals surface area (Å²) in [7, 11) is 0. The largest absolute Gasteiger partial charge is 0.378 e. The Hall–Kier alpha value is -0.970. The normalized spacial score (nSPS) is 21.0. The van der Waals surface area contributed by atoms with Crippen molar-refractivity contribution >= 4 is 21.6 Å². The molecular weight excluding hydrogens is 256 g/mol. The number of pyridine rings is 1. The van der Waals surface area contributed by atoms with Crippen molar-refractivity contribution in [3.05, 3.63) is 29.3 Å². The Bertz CT molecular complexity index is 534. The van der Waals surface area contributed by atoms with Gasteiger partial charge in [-0.05, 0) is 55.8 Å². The van der Waals surface area contributed by atoms with Crippen molar-refractivity contribution in [3.8, 4) is 0 Å². The summed E-state index contributed by atoms with van der Waals surface area (Å²) in [6, 6.07) is 4.66. The Kier molecular flexibility index (Phi) is 4.11. The molecular formula is C15H20N2OS. The summed E-state index contributed by atoms with van der Waals surface area (Å²) in [5.41, 5.74) is 2.36. The first-order chi connectivity index (χ1) is 9.33. The molecule has 0 bridgehead atoms. The second-order valence-electron chi connectivity index (χ2n) is 5.17. The molecule has 0 saturated carbocycles. The number of rotatable bonds is 5. The number of nitrogens with zero attached hydrogens (tertiary/aromatic N) is 1. The molecule has 2 aromatic heterocycles. The van der Waals surface area contributed by atoms with Crippen LogP contribution in [0.4, 0.5) is 0 Å². The van der Waals surface area contributed by atoms with Crippen molar-refractivity contribution in [3.63, 3.8) is 0 Å². The minimum atomic E-state index is 0.348. The maximum Gasteiger partial charge on any atom is 0.0809 e. The summed E-state index contributed by atoms with van der Waals surface area (Å²) in [6.07, 6.45) is 6.01. The average Bonchev–Trinajstić information content (AvgIpc) is 3.08. The molecule has 0 amide bonds. The van der Waals surface area contributed by atoms with Crippen LogP contribution in [0.25, 0.3) is 10.2 Å². The van der Waals surface area contributed by atoms with Gasteiger partial charge in [-0.1, -0.05) is 0 Å². The number of hydrogen-bond acceptors (Lipinski definition) is 4. The molecule has 3 rings (SSSR count). The number of hydrogen-bond donors (Lipinski definition) is 1. The second-order valence-corrected chi connectivity index (χ2v) is 6.12. The van der Waals surface area contributed by atoms with Crippen LogP contribution in [0.15, 0.2) is 23.7 Å². The van der Waals surface area contributed by atoms with Crippen molar-refractivity contribution in [2.75, 3.05) is 13.2 Å². The summed E-state index contributed by atoms with van der Waals surface area (Å²) in [5, 5.41) is 5.66. The van der Waals surface area contributed by atoms with Gasteiger partial charge < -0.3 is 10.1 Å². The van der Waals surface area contributed by atoms with Gasteiger partial charge in [0, 0.05) is 18.8 Å². The van der Waals surface area contributed by atoms with Gasteiger partial charge in [0.25, 0.3) is 0 Å². The van der Waals surface area contributed by atoms with E-state index in [2.05, 4.69) is 34.7 Å². The molecule has 1 aliphatic heterocycles. The number of thiophene rings is 1. The number of fused-ring (bicyclic) bond motifs is 1. The van der Waals surface area contributed by atoms with E-state index < -0.39 is 0 Å². The Labute approximate surface area is 118 Å². The fraction of sp³-hybridized carbons (Fsp3) is 0.533. The van der Waals surface area contributed by atoms with E-state index in [1.807, 2.05) is 6.20 Å². The highest BCUT2D eigenvalue weighted by molar-refractivity contribution is 7.17. The van der Waals surface area contributed by atoms with Gasteiger partial charge in [0.2, 0.25) is 0 Å². The fourth-order valence-electron chi connectivity index (χ4n) is 2.55. The van der Waals surface area contributed by atoms with Gasteiger partial charge in [0.1, 0.15) is 0 Å². The molecule has 0 aromatic carbocycles. The van der Waals surface area contributed by atoms with Gasteiger partial charge in [-0.3, -0.25) is 4.98 Å². The Morgan fingerprint density at radius 1 is 1.58 bits per heavy atom. The molecule has 3 nitrogen and oxygen atoms in total. The molecule has 2 aromatic rings. The molecule has 1 aliphatic rings. The minimum absolute atomic E-state index is 0.348. The van der Waals surface area contributed by atoms with E-state index in [0.717, 1.165) is 25.1 Å². The van der Waals surface area contributed by atoms with Crippen LogP contribution < -0.4 is 5.32 Å². The molecule has 2 atom stereocenters. The third-order valence-corrected chi connectivity index (χ3v) is 4.62. The first-order valence-electron chi connectivity index (χ1n) is 7.01. The lowest BCUT2D eigenvalue weighted by Gasteiger charge is -2.16. The average molecular weight is 276 g/mol. The SMILES string of the molecule is CC(NCCC1CCCO1)c1cnc2ccsc2c1. The van der Waals surface area contributed by atoms with Crippen LogP contribution in [0.1, 0.15) is 37.8 Å². The zero-order valence-electron chi connectivity index (χ0n) is 11.3. The van der Waals surface area contributed by atoms with Gasteiger partial charge >= 0.3 is 0 Å². The minimum Gasteiger partial charge on any atom is -0.378 e. The second kappa shape index (κ2) is 5.99. The molecule has 102 valence electrons. The molecule has 0 radical (unpaired) electrons. The van der Waals surface area contributed by atoms with Crippen molar-refractivity contribution in [2.24, 2.45) is 0 Å². The lowest BCUT2D eigenvalue weighted by atomic mass is 10.1. The van der Waals surface area contributed by atoms with Crippen molar-refractivity contribution in [2.45, 2.75) is 38.3 Å². The topological polar surface area (TPSA) is 34.1 Å². The molecule has 2 unspecified atom stereocenters. The summed E-state index contributed by atoms with van der Waals surface area (Å²) in [5.74, 6) is 0. The van der Waals surface area contributed by atoms with E-state index in [-0.39, 0.29) is 0 Å². The summed E-state index contributed by atoms with van der Waals surface area (Å²) in [6.45, 7) is 4.15. The zero-order valence-corrected chi connectivity index (χ0v) is 12.1. The monoisotopic (exact) mass is 276 g/mol. The van der Waals surface area contributed by atoms with Gasteiger partial charge in [-0.2, -0.15) is 0 Å². The molecule has 19 heavy (non-hydrogen) atoms. The molecule has 0 aliphatic carbocycles. The predicted molar refractivity (Wildman–Crippen MR) is 79.6 cm³/mol. The van der Waals surface area contributed by atoms with Gasteiger partial charge in [-0.15, -0.1) is 11.3 Å². The van der Waals surface area contributed by atoms with E-state index in [9.17, 15) is 0 Å². The van der Waals surface area contributed by atoms with Crippen LogP contribution >= 0.6 is 11.3 Å². The maximum absolute atomic E-state index is 5.64. The van der Waals surface area contributed by atoms with Crippen molar-refractivity contribution < 1.29 is 4.74 Å². The van der Waals surface area contributed by atoms with Gasteiger partial charge in [0.05, 0.1) is 16.3 Å². The first-order valence-corrected chi connectivity index (χ1v) is 7.89. The number of aromatic nitrogens is 1. The molecule has 1 saturated heterocycles. The van der Waals surface area contributed by atoms with Crippen LogP contribution in [-0.4, -0.2) is 24.2 Å². The smallest absolute Gasteiger partial charge is 0.0809 e. The van der Waals surface area contributed by atoms with Crippen LogP contribution in [0.3, 0.4) is 0 Å². The van der Waals surface area contributed by atoms with Crippen molar-refractivity contribution in [1.29, 1.82) is 0 Å². The standard InChI is InChI=1S/C15H20N2OS/c1-11(16-6-4-13-3-2-7-18-13)12-9-15-14(17-10-12)5-8-19-15/h5,8-11,13,16H,2-4,6-7H2,1H3. The van der Waals surface area contributed by atoms with E-state index in [4.69, 9.17) is 4.74 Å². The summed E-state index contributed by atoms with van der Waals surface area (Å²) >= 11 is 1.75. The number of nitrogens with one attached hydrogen (secondary N) is 1. The van der Waals surface area contributed by atoms with Crippen LogP contribution in [-0.2, 0) is 4.74 Å². The molecule has 3 heterocycles. The van der Waals surface area contributed by atoms with Crippen LogP contribution in [0, 0.1) is 0 Å². The predicted octanol–water partition coefficient (Wildman–Crippen LogP) is 3.52. The molecule has 1 N–H and O–H groups in total. The molecule has 0 spiro atoms. The zero-order chi connectivity index (χ0) is 13.1. The van der Waals surface area contributed by atoms with E-state index >= 15 is 0 Å². The van der Waals surface area contributed by atoms with Gasteiger partial charge in [-0.25, -0.2) is 0 Å². The van der Waals surface area contributed by atoms with E-state index in [0.29, 0.717) is 12.1 Å². The van der Waals surface area contributed by atoms with Crippen LogP contribution in [0.5, 0.6) is 0 Å². The maximum atomic E-state index is 5.64. The summed E-state index contributed by atoms with van der Waals surface area (Å²) in [4.78, 5) is 4.49. The van der Waals surface area contributed by atoms with E-state index in [1.165, 1.54) is 23.1 Å². The Morgan fingerprint density at radius 3 is 3.37 bits per heavy atom. The highest BCUT2D eigenvalue weighted by Gasteiger charge is 2.15. The van der Waals surface area contributed by atoms with Crippen molar-refractivity contribution in [1.82, 2.24) is 10.3 Å². The third-order valence-electron chi connectivity index (χ3n) is 3.76. The lowest BCUT2D eigenvalue weighted by Crippen LogP contribution is -2.23. The van der Waals surface area contributed by atoms with E-state index in [1.54, 1.807) is 11.3 Å². The van der Waals surface area contributed by atoms with Crippen LogP contribution in [0.2, 0.25) is 0 Å². The molecule has 4 heteroatoms. The number of ether oxygens (including phenoxy) is 1. The quantitative estimate of drug-likeness (QED) is 0.907.